The summed E-state index contributed by atoms with van der Waals surface area (Å²) in [6.07, 6.45) is 45.3. The molecule has 0 aromatic rings. The van der Waals surface area contributed by atoms with E-state index in [0.29, 0.717) is 0 Å². The van der Waals surface area contributed by atoms with E-state index in [9.17, 15) is 0 Å². The number of quaternary nitrogens is 1. The fourth-order valence-electron chi connectivity index (χ4n) is 6.27. The SMILES string of the molecule is CCCCCCCCCCCCCCCCCCC(C)[N+](C)(C)CCCCCCCCCCCCCCCC.[Cl-]. The lowest BCUT2D eigenvalue weighted by molar-refractivity contribution is -0.913. The van der Waals surface area contributed by atoms with Crippen LogP contribution in [0.2, 0.25) is 0 Å². The van der Waals surface area contributed by atoms with Gasteiger partial charge < -0.3 is 16.9 Å². The van der Waals surface area contributed by atoms with E-state index >= 15 is 0 Å². The van der Waals surface area contributed by atoms with E-state index < -0.39 is 0 Å². The summed E-state index contributed by atoms with van der Waals surface area (Å²) in [4.78, 5) is 0. The average molecular weight is 587 g/mol. The molecule has 0 radical (unpaired) electrons. The highest BCUT2D eigenvalue weighted by atomic mass is 35.5. The van der Waals surface area contributed by atoms with Gasteiger partial charge in [0.1, 0.15) is 0 Å². The summed E-state index contributed by atoms with van der Waals surface area (Å²) < 4.78 is 1.23. The van der Waals surface area contributed by atoms with Crippen molar-refractivity contribution in [2.75, 3.05) is 20.6 Å². The smallest absolute Gasteiger partial charge is 0.0857 e. The van der Waals surface area contributed by atoms with Gasteiger partial charge in [-0.05, 0) is 32.6 Å². The average Bonchev–Trinajstić information content (AvgIpc) is 2.92. The van der Waals surface area contributed by atoms with Crippen LogP contribution in [0.1, 0.15) is 220 Å². The number of halogens is 1. The Bertz CT molecular complexity index is 449. The molecule has 0 saturated carbocycles. The van der Waals surface area contributed by atoms with Crippen molar-refractivity contribution in [2.45, 2.75) is 226 Å². The van der Waals surface area contributed by atoms with Gasteiger partial charge in [0.25, 0.3) is 0 Å². The Labute approximate surface area is 262 Å². The monoisotopic (exact) mass is 586 g/mol. The zero-order valence-corrected chi connectivity index (χ0v) is 29.8. The van der Waals surface area contributed by atoms with Crippen molar-refractivity contribution in [3.63, 3.8) is 0 Å². The van der Waals surface area contributed by atoms with Gasteiger partial charge in [-0.1, -0.05) is 187 Å². The van der Waals surface area contributed by atoms with Crippen LogP contribution < -0.4 is 12.4 Å². The van der Waals surface area contributed by atoms with Gasteiger partial charge in [0.15, 0.2) is 0 Å². The highest BCUT2D eigenvalue weighted by molar-refractivity contribution is 4.56. The molecular weight excluding hydrogens is 506 g/mol. The third-order valence-corrected chi connectivity index (χ3v) is 9.76. The molecule has 0 aromatic carbocycles. The third kappa shape index (κ3) is 31.2. The van der Waals surface area contributed by atoms with Crippen LogP contribution in [0.3, 0.4) is 0 Å². The summed E-state index contributed by atoms with van der Waals surface area (Å²) in [6.45, 7) is 8.50. The molecule has 1 unspecified atom stereocenters. The second-order valence-corrected chi connectivity index (χ2v) is 14.0. The molecule has 0 N–H and O–H groups in total. The number of hydrogen-bond donors (Lipinski definition) is 0. The Morgan fingerprint density at radius 2 is 0.575 bits per heavy atom. The minimum Gasteiger partial charge on any atom is -1.00 e. The van der Waals surface area contributed by atoms with Gasteiger partial charge in [-0.15, -0.1) is 0 Å². The van der Waals surface area contributed by atoms with Gasteiger partial charge in [-0.25, -0.2) is 0 Å². The van der Waals surface area contributed by atoms with Crippen LogP contribution in [0, 0.1) is 0 Å². The fourth-order valence-corrected chi connectivity index (χ4v) is 6.27. The summed E-state index contributed by atoms with van der Waals surface area (Å²) in [7, 11) is 4.97. The van der Waals surface area contributed by atoms with Crippen LogP contribution in [0.15, 0.2) is 0 Å². The van der Waals surface area contributed by atoms with Crippen LogP contribution in [0.25, 0.3) is 0 Å². The van der Waals surface area contributed by atoms with Crippen molar-refractivity contribution in [3.05, 3.63) is 0 Å². The van der Waals surface area contributed by atoms with Gasteiger partial charge in [0.2, 0.25) is 0 Å². The minimum absolute atomic E-state index is 0. The van der Waals surface area contributed by atoms with Gasteiger partial charge in [-0.2, -0.15) is 0 Å². The predicted molar refractivity (Wildman–Crippen MR) is 181 cm³/mol. The van der Waals surface area contributed by atoms with Gasteiger partial charge >= 0.3 is 0 Å². The van der Waals surface area contributed by atoms with Gasteiger partial charge in [0, 0.05) is 0 Å². The van der Waals surface area contributed by atoms with Crippen LogP contribution in [-0.4, -0.2) is 31.2 Å². The summed E-state index contributed by atoms with van der Waals surface area (Å²) in [5, 5.41) is 0. The number of hydrogen-bond acceptors (Lipinski definition) is 0. The molecule has 1 nitrogen and oxygen atoms in total. The zero-order chi connectivity index (χ0) is 28.7. The molecule has 1 atom stereocenters. The quantitative estimate of drug-likeness (QED) is 0.0530. The summed E-state index contributed by atoms with van der Waals surface area (Å²) >= 11 is 0. The molecule has 0 fully saturated rings. The molecule has 0 aliphatic heterocycles. The second kappa shape index (κ2) is 33.7. The second-order valence-electron chi connectivity index (χ2n) is 14.0. The third-order valence-electron chi connectivity index (χ3n) is 9.76. The first-order chi connectivity index (χ1) is 19.0. The molecule has 0 spiro atoms. The summed E-state index contributed by atoms with van der Waals surface area (Å²) in [5.74, 6) is 0. The minimum atomic E-state index is 0. The fraction of sp³-hybridized carbons (Fsp3) is 1.00. The van der Waals surface area contributed by atoms with E-state index in [-0.39, 0.29) is 12.4 Å². The maximum absolute atomic E-state index is 2.51. The molecule has 0 amide bonds. The highest BCUT2D eigenvalue weighted by Gasteiger charge is 2.22. The molecule has 0 aromatic heterocycles. The molecular formula is C38H80ClN. The largest absolute Gasteiger partial charge is 1.00 e. The van der Waals surface area contributed by atoms with Crippen molar-refractivity contribution in [1.29, 1.82) is 0 Å². The van der Waals surface area contributed by atoms with Crippen molar-refractivity contribution in [3.8, 4) is 0 Å². The first-order valence-electron chi connectivity index (χ1n) is 18.9. The summed E-state index contributed by atoms with van der Waals surface area (Å²) in [5.41, 5.74) is 0. The Morgan fingerprint density at radius 3 is 0.850 bits per heavy atom. The van der Waals surface area contributed by atoms with Crippen LogP contribution >= 0.6 is 0 Å². The normalized spacial score (nSPS) is 12.5. The number of rotatable bonds is 33. The predicted octanol–water partition coefficient (Wildman–Crippen LogP) is 10.6. The molecule has 0 aliphatic carbocycles. The highest BCUT2D eigenvalue weighted by Crippen LogP contribution is 2.19. The summed E-state index contributed by atoms with van der Waals surface area (Å²) in [6, 6.07) is 0.818. The van der Waals surface area contributed by atoms with E-state index in [2.05, 4.69) is 34.9 Å². The molecule has 40 heavy (non-hydrogen) atoms. The molecule has 2 heteroatoms. The number of nitrogens with zero attached hydrogens (tertiary/aromatic N) is 1. The van der Waals surface area contributed by atoms with Crippen molar-refractivity contribution in [1.82, 2.24) is 0 Å². The van der Waals surface area contributed by atoms with Gasteiger partial charge in [0.05, 0.1) is 26.7 Å². The maximum atomic E-state index is 2.51. The Kier molecular flexibility index (Phi) is 35.8. The van der Waals surface area contributed by atoms with E-state index in [1.165, 1.54) is 210 Å². The van der Waals surface area contributed by atoms with Crippen molar-refractivity contribution < 1.29 is 16.9 Å². The first kappa shape index (κ1) is 42.4. The molecule has 0 heterocycles. The molecule has 0 aliphatic rings. The Hall–Kier alpha value is 0.250. The first-order valence-corrected chi connectivity index (χ1v) is 18.9. The van der Waals surface area contributed by atoms with E-state index in [1.54, 1.807) is 0 Å². The van der Waals surface area contributed by atoms with E-state index in [4.69, 9.17) is 0 Å². The standard InChI is InChI=1S/C38H80N.ClH/c1-6-8-10-12-14-16-18-20-22-23-24-26-28-30-32-34-36-38(3)39(4,5)37-35-33-31-29-27-25-21-19-17-15-13-11-9-7-2;/h38H,6-37H2,1-5H3;1H/q+1;/p-1. The lowest BCUT2D eigenvalue weighted by Gasteiger charge is -2.36. The Balaban J connectivity index is 0. The molecule has 0 rings (SSSR count). The molecule has 0 saturated heterocycles. The van der Waals surface area contributed by atoms with Crippen LogP contribution in [0.5, 0.6) is 0 Å². The molecule has 244 valence electrons. The maximum Gasteiger partial charge on any atom is 0.0857 e. The van der Waals surface area contributed by atoms with E-state index in [1.807, 2.05) is 0 Å². The lowest BCUT2D eigenvalue weighted by Crippen LogP contribution is -3.00. The van der Waals surface area contributed by atoms with Crippen molar-refractivity contribution >= 4 is 0 Å². The molecule has 0 bridgehead atoms. The Morgan fingerprint density at radius 1 is 0.350 bits per heavy atom. The topological polar surface area (TPSA) is 0 Å². The number of unbranched alkanes of at least 4 members (excludes halogenated alkanes) is 28. The van der Waals surface area contributed by atoms with Crippen LogP contribution in [-0.2, 0) is 0 Å². The van der Waals surface area contributed by atoms with Gasteiger partial charge in [-0.3, -0.25) is 0 Å². The van der Waals surface area contributed by atoms with Crippen molar-refractivity contribution in [2.24, 2.45) is 0 Å². The van der Waals surface area contributed by atoms with E-state index in [0.717, 1.165) is 6.04 Å². The van der Waals surface area contributed by atoms with Crippen LogP contribution in [0.4, 0.5) is 0 Å². The zero-order valence-electron chi connectivity index (χ0n) is 29.0. The lowest BCUT2D eigenvalue weighted by atomic mass is 10.0.